The molecule has 0 unspecified atom stereocenters. The lowest BCUT2D eigenvalue weighted by molar-refractivity contribution is -0.0330. The van der Waals surface area contributed by atoms with E-state index < -0.39 is 0 Å². The van der Waals surface area contributed by atoms with Crippen molar-refractivity contribution in [2.24, 2.45) is 0 Å². The summed E-state index contributed by atoms with van der Waals surface area (Å²) in [6.07, 6.45) is 1.93. The Balaban J connectivity index is 1.44. The summed E-state index contributed by atoms with van der Waals surface area (Å²) in [6, 6.07) is 6.20. The molecule has 0 spiro atoms. The highest BCUT2D eigenvalue weighted by molar-refractivity contribution is 7.09. The molecular formula is C16H18N2O3S. The molecule has 2 aliphatic rings. The highest BCUT2D eigenvalue weighted by Gasteiger charge is 2.24. The van der Waals surface area contributed by atoms with E-state index in [9.17, 15) is 0 Å². The van der Waals surface area contributed by atoms with E-state index in [4.69, 9.17) is 14.2 Å². The number of benzene rings is 1. The molecule has 0 amide bonds. The van der Waals surface area contributed by atoms with E-state index in [0.29, 0.717) is 13.2 Å². The number of hydrogen-bond acceptors (Lipinski definition) is 6. The second-order valence-electron chi connectivity index (χ2n) is 5.44. The average molecular weight is 318 g/mol. The fraction of sp³-hybridized carbons (Fsp3) is 0.438. The Labute approximate surface area is 133 Å². The molecule has 0 radical (unpaired) electrons. The van der Waals surface area contributed by atoms with Gasteiger partial charge in [-0.25, -0.2) is 4.98 Å². The van der Waals surface area contributed by atoms with Crippen LogP contribution in [0.2, 0.25) is 0 Å². The molecular weight excluding hydrogens is 300 g/mol. The molecule has 116 valence electrons. The van der Waals surface area contributed by atoms with Crippen LogP contribution in [0.15, 0.2) is 29.8 Å². The van der Waals surface area contributed by atoms with E-state index in [1.807, 2.05) is 17.6 Å². The molecule has 0 N–H and O–H groups in total. The first-order valence-electron chi connectivity index (χ1n) is 7.50. The normalized spacial score (nSPS) is 21.7. The van der Waals surface area contributed by atoms with Crippen molar-refractivity contribution in [3.63, 3.8) is 0 Å². The van der Waals surface area contributed by atoms with Gasteiger partial charge in [0.05, 0.1) is 6.61 Å². The third kappa shape index (κ3) is 2.95. The highest BCUT2D eigenvalue weighted by Crippen LogP contribution is 2.32. The average Bonchev–Trinajstić information content (AvgIpc) is 3.10. The second kappa shape index (κ2) is 6.24. The van der Waals surface area contributed by atoms with Gasteiger partial charge in [0.1, 0.15) is 24.3 Å². The van der Waals surface area contributed by atoms with E-state index >= 15 is 0 Å². The van der Waals surface area contributed by atoms with Gasteiger partial charge in [-0.3, -0.25) is 4.90 Å². The zero-order chi connectivity index (χ0) is 14.8. The van der Waals surface area contributed by atoms with E-state index in [1.165, 1.54) is 5.56 Å². The van der Waals surface area contributed by atoms with Crippen LogP contribution in [0.1, 0.15) is 16.7 Å². The number of nitrogens with zero attached hydrogens (tertiary/aromatic N) is 2. The molecule has 5 nitrogen and oxygen atoms in total. The number of rotatable bonds is 3. The molecule has 3 heterocycles. The van der Waals surface area contributed by atoms with Gasteiger partial charge >= 0.3 is 0 Å². The molecule has 0 saturated carbocycles. The van der Waals surface area contributed by atoms with Crippen LogP contribution in [0.3, 0.4) is 0 Å². The SMILES string of the molecule is c1csc([C@@H]2CN(Cc3ccc4c(c3)OCCO4)CCO2)n1. The summed E-state index contributed by atoms with van der Waals surface area (Å²) in [5.41, 5.74) is 1.24. The lowest BCUT2D eigenvalue weighted by atomic mass is 10.1. The van der Waals surface area contributed by atoms with E-state index in [2.05, 4.69) is 22.0 Å². The van der Waals surface area contributed by atoms with Gasteiger partial charge in [0.2, 0.25) is 0 Å². The van der Waals surface area contributed by atoms with E-state index in [0.717, 1.165) is 42.7 Å². The Morgan fingerprint density at radius 1 is 1.18 bits per heavy atom. The highest BCUT2D eigenvalue weighted by atomic mass is 32.1. The lowest BCUT2D eigenvalue weighted by Gasteiger charge is -2.32. The fourth-order valence-corrected chi connectivity index (χ4v) is 3.51. The molecule has 1 saturated heterocycles. The first-order valence-corrected chi connectivity index (χ1v) is 8.38. The predicted molar refractivity (Wildman–Crippen MR) is 83.5 cm³/mol. The maximum atomic E-state index is 5.84. The number of thiazole rings is 1. The van der Waals surface area contributed by atoms with Gasteiger partial charge in [-0.2, -0.15) is 0 Å². The molecule has 2 aliphatic heterocycles. The molecule has 22 heavy (non-hydrogen) atoms. The standard InChI is InChI=1S/C16H18N2O3S/c1-2-13-14(21-7-6-20-13)9-12(1)10-18-4-5-19-15(11-18)16-17-3-8-22-16/h1-3,8-9,15H,4-7,10-11H2/t15-/m0/s1. The van der Waals surface area contributed by atoms with E-state index in [-0.39, 0.29) is 6.10 Å². The van der Waals surface area contributed by atoms with E-state index in [1.54, 1.807) is 11.3 Å². The lowest BCUT2D eigenvalue weighted by Crippen LogP contribution is -2.37. The molecule has 1 aromatic carbocycles. The summed E-state index contributed by atoms with van der Waals surface area (Å²) in [7, 11) is 0. The van der Waals surface area contributed by atoms with Crippen LogP contribution in [-0.4, -0.2) is 42.8 Å². The predicted octanol–water partition coefficient (Wildman–Crippen LogP) is 2.49. The molecule has 1 atom stereocenters. The Morgan fingerprint density at radius 2 is 2.09 bits per heavy atom. The van der Waals surface area contributed by atoms with Crippen molar-refractivity contribution in [3.8, 4) is 11.5 Å². The van der Waals surface area contributed by atoms with Crippen LogP contribution in [0.4, 0.5) is 0 Å². The zero-order valence-electron chi connectivity index (χ0n) is 12.2. The molecule has 1 fully saturated rings. The summed E-state index contributed by atoms with van der Waals surface area (Å²) in [5.74, 6) is 1.70. The van der Waals surface area contributed by atoms with Crippen LogP contribution >= 0.6 is 11.3 Å². The van der Waals surface area contributed by atoms with Gasteiger partial charge in [0.15, 0.2) is 11.5 Å². The fourth-order valence-electron chi connectivity index (χ4n) is 2.83. The maximum absolute atomic E-state index is 5.84. The minimum absolute atomic E-state index is 0.0889. The van der Waals surface area contributed by atoms with Crippen LogP contribution in [0.5, 0.6) is 11.5 Å². The third-order valence-electron chi connectivity index (χ3n) is 3.89. The first-order chi connectivity index (χ1) is 10.9. The zero-order valence-corrected chi connectivity index (χ0v) is 13.1. The van der Waals surface area contributed by atoms with Crippen LogP contribution in [0, 0.1) is 0 Å². The molecule has 6 heteroatoms. The Kier molecular flexibility index (Phi) is 3.97. The van der Waals surface area contributed by atoms with Gasteiger partial charge in [-0.1, -0.05) is 6.07 Å². The van der Waals surface area contributed by atoms with Crippen molar-refractivity contribution in [2.75, 3.05) is 32.9 Å². The summed E-state index contributed by atoms with van der Waals surface area (Å²) < 4.78 is 17.1. The summed E-state index contributed by atoms with van der Waals surface area (Å²) in [4.78, 5) is 6.77. The van der Waals surface area contributed by atoms with Gasteiger partial charge in [-0.15, -0.1) is 11.3 Å². The van der Waals surface area contributed by atoms with Crippen molar-refractivity contribution in [3.05, 3.63) is 40.3 Å². The molecule has 2 aromatic rings. The van der Waals surface area contributed by atoms with Gasteiger partial charge in [-0.05, 0) is 17.7 Å². The van der Waals surface area contributed by atoms with Gasteiger partial charge in [0, 0.05) is 31.2 Å². The Bertz CT molecular complexity index is 632. The smallest absolute Gasteiger partial charge is 0.161 e. The Morgan fingerprint density at radius 3 is 2.95 bits per heavy atom. The van der Waals surface area contributed by atoms with Crippen molar-refractivity contribution < 1.29 is 14.2 Å². The van der Waals surface area contributed by atoms with Crippen molar-refractivity contribution >= 4 is 11.3 Å². The second-order valence-corrected chi connectivity index (χ2v) is 6.37. The number of ether oxygens (including phenoxy) is 3. The topological polar surface area (TPSA) is 43.8 Å². The number of morpholine rings is 1. The molecule has 4 rings (SSSR count). The molecule has 0 aliphatic carbocycles. The number of hydrogen-bond donors (Lipinski definition) is 0. The van der Waals surface area contributed by atoms with Gasteiger partial charge in [0.25, 0.3) is 0 Å². The minimum Gasteiger partial charge on any atom is -0.486 e. The summed E-state index contributed by atoms with van der Waals surface area (Å²) in [6.45, 7) is 4.71. The van der Waals surface area contributed by atoms with Crippen LogP contribution in [0.25, 0.3) is 0 Å². The number of aromatic nitrogens is 1. The summed E-state index contributed by atoms with van der Waals surface area (Å²) in [5, 5.41) is 3.06. The largest absolute Gasteiger partial charge is 0.486 e. The van der Waals surface area contributed by atoms with Gasteiger partial charge < -0.3 is 14.2 Å². The van der Waals surface area contributed by atoms with Crippen LogP contribution in [-0.2, 0) is 11.3 Å². The monoisotopic (exact) mass is 318 g/mol. The molecule has 1 aromatic heterocycles. The quantitative estimate of drug-likeness (QED) is 0.870. The minimum atomic E-state index is 0.0889. The van der Waals surface area contributed by atoms with Crippen LogP contribution < -0.4 is 9.47 Å². The number of fused-ring (bicyclic) bond motifs is 1. The molecule has 0 bridgehead atoms. The summed E-state index contributed by atoms with van der Waals surface area (Å²) >= 11 is 1.66. The first kappa shape index (κ1) is 14.0. The maximum Gasteiger partial charge on any atom is 0.161 e. The third-order valence-corrected chi connectivity index (χ3v) is 4.76. The van der Waals surface area contributed by atoms with Crippen molar-refractivity contribution in [1.82, 2.24) is 9.88 Å². The van der Waals surface area contributed by atoms with Crippen molar-refractivity contribution in [2.45, 2.75) is 12.6 Å². The Hall–Kier alpha value is -1.63. The van der Waals surface area contributed by atoms with Crippen molar-refractivity contribution in [1.29, 1.82) is 0 Å².